The first-order valence-electron chi connectivity index (χ1n) is 4.36. The van der Waals surface area contributed by atoms with Crippen LogP contribution in [0.15, 0.2) is 34.2 Å². The molecule has 80 valence electrons. The molecule has 0 radical (unpaired) electrons. The lowest BCUT2D eigenvalue weighted by Gasteiger charge is -2.01. The van der Waals surface area contributed by atoms with E-state index in [0.29, 0.717) is 13.0 Å². The molecule has 4 nitrogen and oxygen atoms in total. The highest BCUT2D eigenvalue weighted by molar-refractivity contribution is 7.90. The normalized spacial score (nSPS) is 10.7. The lowest BCUT2D eigenvalue weighted by molar-refractivity contribution is 0.563. The van der Waals surface area contributed by atoms with Gasteiger partial charge in [0.05, 0.1) is 11.4 Å². The van der Waals surface area contributed by atoms with Gasteiger partial charge in [0.2, 0.25) is 6.08 Å². The Bertz CT molecular complexity index is 487. The van der Waals surface area contributed by atoms with E-state index >= 15 is 0 Å². The zero-order valence-electron chi connectivity index (χ0n) is 8.30. The Balaban J connectivity index is 2.88. The third kappa shape index (κ3) is 3.65. The number of sulfone groups is 1. The Kier molecular flexibility index (Phi) is 3.77. The fraction of sp³-hybridized carbons (Fsp3) is 0.300. The van der Waals surface area contributed by atoms with Gasteiger partial charge in [0.1, 0.15) is 0 Å². The monoisotopic (exact) mass is 225 g/mol. The maximum absolute atomic E-state index is 11.2. The third-order valence-electron chi connectivity index (χ3n) is 1.90. The minimum Gasteiger partial charge on any atom is -0.224 e. The molecule has 0 atom stereocenters. The number of hydrogen-bond donors (Lipinski definition) is 0. The summed E-state index contributed by atoms with van der Waals surface area (Å²) in [5.74, 6) is 0. The van der Waals surface area contributed by atoms with E-state index in [2.05, 4.69) is 4.99 Å². The van der Waals surface area contributed by atoms with Crippen LogP contribution in [0, 0.1) is 0 Å². The number of hydrogen-bond acceptors (Lipinski definition) is 4. The Morgan fingerprint density at radius 3 is 2.73 bits per heavy atom. The van der Waals surface area contributed by atoms with Crippen molar-refractivity contribution in [3.63, 3.8) is 0 Å². The van der Waals surface area contributed by atoms with Crippen LogP contribution in [0.1, 0.15) is 5.56 Å². The topological polar surface area (TPSA) is 63.6 Å². The van der Waals surface area contributed by atoms with Crippen molar-refractivity contribution in [2.45, 2.75) is 11.3 Å². The molecule has 15 heavy (non-hydrogen) atoms. The van der Waals surface area contributed by atoms with Crippen molar-refractivity contribution in [2.75, 3.05) is 12.8 Å². The molecular formula is C10H11NO3S. The molecule has 0 aliphatic heterocycles. The molecule has 0 spiro atoms. The van der Waals surface area contributed by atoms with Gasteiger partial charge in [0.15, 0.2) is 9.84 Å². The molecule has 0 unspecified atom stereocenters. The molecule has 0 N–H and O–H groups in total. The molecule has 1 aromatic carbocycles. The predicted octanol–water partition coefficient (Wildman–Crippen LogP) is 0.968. The largest absolute Gasteiger partial charge is 0.234 e. The highest BCUT2D eigenvalue weighted by atomic mass is 32.2. The zero-order chi connectivity index (χ0) is 11.3. The molecule has 5 heteroatoms. The molecule has 0 heterocycles. The fourth-order valence-electron chi connectivity index (χ4n) is 1.16. The van der Waals surface area contributed by atoms with Gasteiger partial charge in [0, 0.05) is 6.26 Å². The van der Waals surface area contributed by atoms with E-state index in [1.54, 1.807) is 24.3 Å². The summed E-state index contributed by atoms with van der Waals surface area (Å²) in [6.07, 6.45) is 3.14. The summed E-state index contributed by atoms with van der Waals surface area (Å²) in [5.41, 5.74) is 0.844. The molecule has 0 saturated carbocycles. The number of nitrogens with zero attached hydrogens (tertiary/aromatic N) is 1. The predicted molar refractivity (Wildman–Crippen MR) is 56.2 cm³/mol. The highest BCUT2D eigenvalue weighted by Gasteiger charge is 2.06. The van der Waals surface area contributed by atoms with Crippen molar-refractivity contribution >= 4 is 15.9 Å². The highest BCUT2D eigenvalue weighted by Crippen LogP contribution is 2.11. The van der Waals surface area contributed by atoms with Crippen LogP contribution < -0.4 is 0 Å². The quantitative estimate of drug-likeness (QED) is 0.566. The average Bonchev–Trinajstić information content (AvgIpc) is 2.17. The number of aliphatic imine (C=N–C) groups is 1. The molecule has 0 aromatic heterocycles. The van der Waals surface area contributed by atoms with Crippen molar-refractivity contribution in [3.8, 4) is 0 Å². The maximum atomic E-state index is 11.2. The van der Waals surface area contributed by atoms with Gasteiger partial charge in [-0.25, -0.2) is 18.2 Å². The zero-order valence-corrected chi connectivity index (χ0v) is 9.12. The van der Waals surface area contributed by atoms with Gasteiger partial charge in [-0.1, -0.05) is 12.1 Å². The molecule has 0 bridgehead atoms. The Morgan fingerprint density at radius 1 is 1.40 bits per heavy atom. The van der Waals surface area contributed by atoms with Gasteiger partial charge in [-0.05, 0) is 24.1 Å². The van der Waals surface area contributed by atoms with Gasteiger partial charge < -0.3 is 0 Å². The summed E-state index contributed by atoms with van der Waals surface area (Å²) in [4.78, 5) is 13.5. The van der Waals surface area contributed by atoms with Gasteiger partial charge in [0.25, 0.3) is 0 Å². The van der Waals surface area contributed by atoms with Crippen molar-refractivity contribution in [2.24, 2.45) is 4.99 Å². The summed E-state index contributed by atoms with van der Waals surface area (Å²) < 4.78 is 22.5. The summed E-state index contributed by atoms with van der Waals surface area (Å²) in [6.45, 7) is 0.330. The molecule has 0 aliphatic carbocycles. The summed E-state index contributed by atoms with van der Waals surface area (Å²) in [6, 6.07) is 6.61. The van der Waals surface area contributed by atoms with Crippen LogP contribution >= 0.6 is 0 Å². The van der Waals surface area contributed by atoms with E-state index in [1.807, 2.05) is 0 Å². The van der Waals surface area contributed by atoms with E-state index in [4.69, 9.17) is 0 Å². The van der Waals surface area contributed by atoms with E-state index < -0.39 is 9.84 Å². The van der Waals surface area contributed by atoms with Crippen LogP contribution in [0.5, 0.6) is 0 Å². The minimum absolute atomic E-state index is 0.287. The second-order valence-electron chi connectivity index (χ2n) is 3.14. The number of benzene rings is 1. The molecule has 0 saturated heterocycles. The smallest absolute Gasteiger partial charge is 0.224 e. The second kappa shape index (κ2) is 4.87. The van der Waals surface area contributed by atoms with Crippen molar-refractivity contribution in [3.05, 3.63) is 29.8 Å². The third-order valence-corrected chi connectivity index (χ3v) is 3.01. The van der Waals surface area contributed by atoms with Crippen LogP contribution in [0.3, 0.4) is 0 Å². The van der Waals surface area contributed by atoms with E-state index in [-0.39, 0.29) is 4.90 Å². The lowest BCUT2D eigenvalue weighted by Crippen LogP contribution is -1.98. The standard InChI is InChI=1S/C10H11NO3S/c1-15(13,14)10-4-2-3-9(7-10)5-6-11-8-12/h2-4,7H,5-6H2,1H3. The van der Waals surface area contributed by atoms with Gasteiger partial charge in [-0.2, -0.15) is 0 Å². The van der Waals surface area contributed by atoms with E-state index in [1.165, 1.54) is 6.08 Å². The number of isocyanates is 1. The first-order chi connectivity index (χ1) is 7.04. The molecule has 0 aliphatic rings. The molecule has 0 fully saturated rings. The van der Waals surface area contributed by atoms with Crippen molar-refractivity contribution in [1.29, 1.82) is 0 Å². The molecule has 1 aromatic rings. The molecule has 0 amide bonds. The van der Waals surface area contributed by atoms with Crippen LogP contribution in [0.2, 0.25) is 0 Å². The van der Waals surface area contributed by atoms with Crippen LogP contribution in [-0.4, -0.2) is 27.3 Å². The average molecular weight is 225 g/mol. The van der Waals surface area contributed by atoms with Crippen LogP contribution in [-0.2, 0) is 21.1 Å². The minimum atomic E-state index is -3.16. The van der Waals surface area contributed by atoms with Crippen LogP contribution in [0.25, 0.3) is 0 Å². The Hall–Kier alpha value is -1.45. The second-order valence-corrected chi connectivity index (χ2v) is 5.16. The summed E-state index contributed by atoms with van der Waals surface area (Å²) in [7, 11) is -3.16. The number of carbonyl (C=O) groups excluding carboxylic acids is 1. The van der Waals surface area contributed by atoms with E-state index in [0.717, 1.165) is 11.8 Å². The summed E-state index contributed by atoms with van der Waals surface area (Å²) in [5, 5.41) is 0. The van der Waals surface area contributed by atoms with Crippen LogP contribution in [0.4, 0.5) is 0 Å². The first kappa shape index (κ1) is 11.6. The lowest BCUT2D eigenvalue weighted by atomic mass is 10.1. The van der Waals surface area contributed by atoms with Gasteiger partial charge in [-0.3, -0.25) is 0 Å². The summed E-state index contributed by atoms with van der Waals surface area (Å²) >= 11 is 0. The fourth-order valence-corrected chi connectivity index (χ4v) is 1.85. The Morgan fingerprint density at radius 2 is 2.13 bits per heavy atom. The molecule has 1 rings (SSSR count). The van der Waals surface area contributed by atoms with E-state index in [9.17, 15) is 13.2 Å². The SMILES string of the molecule is CS(=O)(=O)c1cccc(CCN=C=O)c1. The first-order valence-corrected chi connectivity index (χ1v) is 6.26. The van der Waals surface area contributed by atoms with Gasteiger partial charge in [-0.15, -0.1) is 0 Å². The maximum Gasteiger partial charge on any atom is 0.234 e. The number of rotatable bonds is 4. The Labute approximate surface area is 88.6 Å². The van der Waals surface area contributed by atoms with Crippen molar-refractivity contribution < 1.29 is 13.2 Å². The molecular weight excluding hydrogens is 214 g/mol. The van der Waals surface area contributed by atoms with Crippen molar-refractivity contribution in [1.82, 2.24) is 0 Å². The van der Waals surface area contributed by atoms with Gasteiger partial charge >= 0.3 is 0 Å².